The molecule has 2 aromatic carbocycles. The Labute approximate surface area is 300 Å². The molecule has 5 aliphatic rings. The first-order chi connectivity index (χ1) is 24.0. The van der Waals surface area contributed by atoms with E-state index in [-0.39, 0.29) is 41.4 Å². The molecule has 50 heavy (non-hydrogen) atoms. The number of allylic oxidation sites excluding steroid dienone is 1. The number of amides is 2. The summed E-state index contributed by atoms with van der Waals surface area (Å²) in [5, 5.41) is -0.0695. The number of morpholine rings is 1. The number of hydrogen-bond donors (Lipinski definition) is 1. The number of carbonyl (C=O) groups is 2. The zero-order valence-electron chi connectivity index (χ0n) is 28.9. The number of ether oxygens (including phenoxy) is 3. The molecule has 1 saturated carbocycles. The van der Waals surface area contributed by atoms with E-state index >= 15 is 0 Å². The molecular formula is C38H48ClN3O7S. The van der Waals surface area contributed by atoms with Gasteiger partial charge in [-0.1, -0.05) is 36.7 Å². The van der Waals surface area contributed by atoms with E-state index < -0.39 is 21.2 Å². The fraction of sp³-hybridized carbons (Fsp3) is 0.579. The van der Waals surface area contributed by atoms with Crippen molar-refractivity contribution in [1.82, 2.24) is 9.62 Å². The van der Waals surface area contributed by atoms with Crippen LogP contribution in [0.15, 0.2) is 48.6 Å². The van der Waals surface area contributed by atoms with Gasteiger partial charge >= 0.3 is 0 Å². The first-order valence-electron chi connectivity index (χ1n) is 18.0. The normalized spacial score (nSPS) is 31.8. The van der Waals surface area contributed by atoms with Crippen molar-refractivity contribution in [3.05, 3.63) is 70.3 Å². The fourth-order valence-electron chi connectivity index (χ4n) is 8.41. The van der Waals surface area contributed by atoms with Crippen molar-refractivity contribution in [1.29, 1.82) is 0 Å². The van der Waals surface area contributed by atoms with E-state index in [0.29, 0.717) is 57.5 Å². The number of aryl methyl sites for hydroxylation is 1. The van der Waals surface area contributed by atoms with E-state index in [2.05, 4.69) is 27.8 Å². The molecule has 6 atom stereocenters. The number of nitrogens with zero attached hydrogens (tertiary/aromatic N) is 2. The van der Waals surface area contributed by atoms with Crippen molar-refractivity contribution < 1.29 is 32.2 Å². The highest BCUT2D eigenvalue weighted by atomic mass is 35.5. The van der Waals surface area contributed by atoms with Crippen molar-refractivity contribution in [2.45, 2.75) is 69.1 Å². The molecule has 0 radical (unpaired) electrons. The lowest BCUT2D eigenvalue weighted by Crippen LogP contribution is -2.50. The van der Waals surface area contributed by atoms with Crippen molar-refractivity contribution >= 4 is 39.1 Å². The number of hydrogen-bond acceptors (Lipinski definition) is 8. The summed E-state index contributed by atoms with van der Waals surface area (Å²) in [6.07, 6.45) is 9.44. The summed E-state index contributed by atoms with van der Waals surface area (Å²) < 4.78 is 47.7. The first-order valence-corrected chi connectivity index (χ1v) is 20.0. The van der Waals surface area contributed by atoms with Crippen molar-refractivity contribution in [2.75, 3.05) is 57.5 Å². The SMILES string of the molecule is C[C@@H]1[C@@H](C)C/C=C\[C@H](OCCN2CCOCC2=O)[C@@H]2CC[C@H]2CN2C[C@@]3(CCCc4cc(Cl)ccc43)COc3ccc(cc32)C(=O)NS1(=O)=O. The molecule has 2 fully saturated rings. The summed E-state index contributed by atoms with van der Waals surface area (Å²) in [6.45, 7) is 7.55. The second-order valence-corrected chi connectivity index (χ2v) is 17.4. The number of halogens is 1. The second-order valence-electron chi connectivity index (χ2n) is 14.9. The van der Waals surface area contributed by atoms with Crippen LogP contribution in [-0.2, 0) is 36.1 Å². The second kappa shape index (κ2) is 14.5. The number of carbonyl (C=O) groups excluding carboxylic acids is 2. The minimum absolute atomic E-state index is 0.0204. The van der Waals surface area contributed by atoms with Gasteiger partial charge in [-0.2, -0.15) is 0 Å². The standard InChI is InChI=1S/C38H48ClN3O7S/c1-25-5-3-7-34(48-18-16-41-15-17-47-22-36(41)43)31-11-8-29(31)21-42-23-38(14-4-6-27-19-30(39)10-12-32(27)38)24-49-35-13-9-28(20-33(35)42)37(44)40-50(45,46)26(25)2/h3,7,9-10,12-13,19-20,25-26,29,31,34H,4-6,8,11,14-18,21-24H2,1-2H3,(H,40,44)/b7-3-/t25-,26+,29-,31+,34-,38-/m0/s1. The van der Waals surface area contributed by atoms with Gasteiger partial charge in [0.05, 0.1) is 36.9 Å². The van der Waals surface area contributed by atoms with E-state index in [9.17, 15) is 18.0 Å². The number of benzene rings is 2. The zero-order valence-corrected chi connectivity index (χ0v) is 30.5. The van der Waals surface area contributed by atoms with E-state index in [1.165, 1.54) is 11.1 Å². The Balaban J connectivity index is 1.23. The van der Waals surface area contributed by atoms with Gasteiger partial charge in [0, 0.05) is 42.2 Å². The van der Waals surface area contributed by atoms with E-state index in [1.807, 2.05) is 25.1 Å². The minimum atomic E-state index is -3.96. The lowest BCUT2D eigenvalue weighted by Gasteiger charge is -2.46. The maximum atomic E-state index is 13.5. The average molecular weight is 726 g/mol. The van der Waals surface area contributed by atoms with Gasteiger partial charge in [-0.25, -0.2) is 13.1 Å². The Morgan fingerprint density at radius 2 is 1.98 bits per heavy atom. The molecule has 0 unspecified atom stereocenters. The van der Waals surface area contributed by atoms with Gasteiger partial charge in [0.15, 0.2) is 0 Å². The molecule has 10 nitrogen and oxygen atoms in total. The molecule has 1 spiro atoms. The van der Waals surface area contributed by atoms with Crippen LogP contribution in [-0.4, -0.2) is 89.1 Å². The summed E-state index contributed by atoms with van der Waals surface area (Å²) in [6, 6.07) is 11.5. The number of rotatable bonds is 4. The quantitative estimate of drug-likeness (QED) is 0.432. The molecule has 2 aliphatic carbocycles. The molecule has 1 saturated heterocycles. The van der Waals surface area contributed by atoms with Crippen LogP contribution in [0.4, 0.5) is 5.69 Å². The zero-order chi connectivity index (χ0) is 35.0. The maximum absolute atomic E-state index is 13.5. The summed E-state index contributed by atoms with van der Waals surface area (Å²) in [7, 11) is -3.96. The van der Waals surface area contributed by atoms with Crippen molar-refractivity contribution in [3.8, 4) is 5.75 Å². The van der Waals surface area contributed by atoms with Crippen LogP contribution in [0.3, 0.4) is 0 Å². The Morgan fingerprint density at radius 1 is 1.12 bits per heavy atom. The predicted molar refractivity (Wildman–Crippen MR) is 192 cm³/mol. The van der Waals surface area contributed by atoms with Crippen LogP contribution in [0.5, 0.6) is 5.75 Å². The monoisotopic (exact) mass is 725 g/mol. The molecule has 12 heteroatoms. The number of fused-ring (bicyclic) bond motifs is 4. The van der Waals surface area contributed by atoms with Crippen molar-refractivity contribution in [3.63, 3.8) is 0 Å². The molecule has 2 bridgehead atoms. The number of sulfonamides is 1. The number of nitrogens with one attached hydrogen (secondary N) is 1. The van der Waals surface area contributed by atoms with Gasteiger partial charge in [0.1, 0.15) is 12.4 Å². The average Bonchev–Trinajstić information content (AvgIpc) is 3.23. The largest absolute Gasteiger partial charge is 0.490 e. The van der Waals surface area contributed by atoms with Gasteiger partial charge in [-0.3, -0.25) is 9.59 Å². The van der Waals surface area contributed by atoms with Crippen LogP contribution in [0.25, 0.3) is 0 Å². The third kappa shape index (κ3) is 7.16. The van der Waals surface area contributed by atoms with Crippen LogP contribution >= 0.6 is 11.6 Å². The molecule has 1 N–H and O–H groups in total. The topological polar surface area (TPSA) is 114 Å². The van der Waals surface area contributed by atoms with Gasteiger partial charge in [-0.05, 0) is 105 Å². The van der Waals surface area contributed by atoms with Crippen molar-refractivity contribution in [2.24, 2.45) is 17.8 Å². The van der Waals surface area contributed by atoms with Gasteiger partial charge in [0.2, 0.25) is 15.9 Å². The van der Waals surface area contributed by atoms with E-state index in [0.717, 1.165) is 49.4 Å². The van der Waals surface area contributed by atoms with E-state index in [4.69, 9.17) is 25.8 Å². The smallest absolute Gasteiger partial charge is 0.264 e. The van der Waals surface area contributed by atoms with Gasteiger partial charge in [0.25, 0.3) is 5.91 Å². The Bertz CT molecular complexity index is 1750. The summed E-state index contributed by atoms with van der Waals surface area (Å²) in [5.41, 5.74) is 3.30. The highest BCUT2D eigenvalue weighted by Gasteiger charge is 2.44. The highest BCUT2D eigenvalue weighted by Crippen LogP contribution is 2.47. The Hall–Kier alpha value is -3.12. The Morgan fingerprint density at radius 3 is 2.78 bits per heavy atom. The van der Waals surface area contributed by atoms with Crippen LogP contribution in [0.2, 0.25) is 5.02 Å². The third-order valence-electron chi connectivity index (χ3n) is 11.8. The maximum Gasteiger partial charge on any atom is 0.264 e. The van der Waals surface area contributed by atoms with E-state index in [1.54, 1.807) is 24.0 Å². The molecule has 3 aliphatic heterocycles. The van der Waals surface area contributed by atoms with Crippen LogP contribution in [0, 0.1) is 17.8 Å². The lowest BCUT2D eigenvalue weighted by atomic mass is 9.68. The molecular weight excluding hydrogens is 678 g/mol. The lowest BCUT2D eigenvalue weighted by molar-refractivity contribution is -0.144. The fourth-order valence-corrected chi connectivity index (χ4v) is 9.89. The summed E-state index contributed by atoms with van der Waals surface area (Å²) >= 11 is 6.45. The first kappa shape index (κ1) is 35.3. The molecule has 3 heterocycles. The van der Waals surface area contributed by atoms with Gasteiger partial charge < -0.3 is 24.0 Å². The minimum Gasteiger partial charge on any atom is -0.490 e. The summed E-state index contributed by atoms with van der Waals surface area (Å²) in [5.74, 6) is 0.335. The molecule has 0 aromatic heterocycles. The predicted octanol–water partition coefficient (Wildman–Crippen LogP) is 5.13. The molecule has 2 amide bonds. The molecule has 270 valence electrons. The van der Waals surface area contributed by atoms with Gasteiger partial charge in [-0.15, -0.1) is 0 Å². The highest BCUT2D eigenvalue weighted by molar-refractivity contribution is 7.90. The number of anilines is 1. The van der Waals surface area contributed by atoms with Crippen LogP contribution in [0.1, 0.15) is 67.4 Å². The molecule has 2 aromatic rings. The molecule has 7 rings (SSSR count). The van der Waals surface area contributed by atoms with Crippen LogP contribution < -0.4 is 14.4 Å². The Kier molecular flexibility index (Phi) is 10.2. The summed E-state index contributed by atoms with van der Waals surface area (Å²) in [4.78, 5) is 30.1. The third-order valence-corrected chi connectivity index (χ3v) is 13.9.